The molecule has 5 rings (SSSR count). The number of benzene rings is 1. The molecule has 3 N–H and O–H groups in total. The maximum atomic E-state index is 14.1. The number of nitrogens with zero attached hydrogens (tertiary/aromatic N) is 1. The van der Waals surface area contributed by atoms with Crippen molar-refractivity contribution in [1.29, 1.82) is 0 Å². The van der Waals surface area contributed by atoms with Gasteiger partial charge in [0.25, 0.3) is 5.91 Å². The minimum atomic E-state index is -0.800. The van der Waals surface area contributed by atoms with Gasteiger partial charge in [-0.25, -0.2) is 4.39 Å². The molecule has 0 bridgehead atoms. The number of likely N-dealkylation sites (tertiary alicyclic amines) is 1. The van der Waals surface area contributed by atoms with Crippen molar-refractivity contribution in [2.45, 2.75) is 38.8 Å². The molecular formula is C24H27FN4O4. The van der Waals surface area contributed by atoms with E-state index < -0.39 is 17.9 Å². The SMILES string of the molecule is CC1(C)[C@@H]2[C@@H](C(=O)N[C@H](C=O)C[C@@H]3CCNC3=O)N(C(=O)c3cc4c(F)cccc4[nH]3)C[C@@H]21. The summed E-state index contributed by atoms with van der Waals surface area (Å²) in [5, 5.41) is 5.83. The molecule has 5 atom stereocenters. The second-order valence-electron chi connectivity index (χ2n) is 10.0. The van der Waals surface area contributed by atoms with Gasteiger partial charge in [-0.15, -0.1) is 0 Å². The van der Waals surface area contributed by atoms with Crippen molar-refractivity contribution in [3.05, 3.63) is 35.8 Å². The quantitative estimate of drug-likeness (QED) is 0.576. The van der Waals surface area contributed by atoms with Gasteiger partial charge in [0.15, 0.2) is 0 Å². The Balaban J connectivity index is 1.37. The van der Waals surface area contributed by atoms with Crippen LogP contribution in [-0.4, -0.2) is 59.1 Å². The van der Waals surface area contributed by atoms with Gasteiger partial charge in [0.1, 0.15) is 23.8 Å². The summed E-state index contributed by atoms with van der Waals surface area (Å²) in [6.07, 6.45) is 1.52. The molecule has 8 nitrogen and oxygen atoms in total. The summed E-state index contributed by atoms with van der Waals surface area (Å²) in [4.78, 5) is 54.7. The molecule has 3 aliphatic rings. The van der Waals surface area contributed by atoms with E-state index in [4.69, 9.17) is 0 Å². The van der Waals surface area contributed by atoms with Gasteiger partial charge in [-0.1, -0.05) is 19.9 Å². The molecule has 1 saturated carbocycles. The number of aromatic nitrogens is 1. The summed E-state index contributed by atoms with van der Waals surface area (Å²) in [6, 6.07) is 4.54. The molecule has 0 radical (unpaired) electrons. The monoisotopic (exact) mass is 454 g/mol. The van der Waals surface area contributed by atoms with Crippen molar-refractivity contribution in [3.8, 4) is 0 Å². The van der Waals surface area contributed by atoms with E-state index in [1.54, 1.807) is 12.1 Å². The minimum Gasteiger partial charge on any atom is -0.356 e. The number of aromatic amines is 1. The fraction of sp³-hybridized carbons (Fsp3) is 0.500. The van der Waals surface area contributed by atoms with Gasteiger partial charge in [-0.3, -0.25) is 14.4 Å². The second kappa shape index (κ2) is 7.67. The zero-order chi connectivity index (χ0) is 23.5. The standard InChI is InChI=1S/C24H27FN4O4/c1-24(2)15-10-29(23(33)18-9-14-16(25)4-3-5-17(14)28-18)20(19(15)24)22(32)27-13(11-30)8-12-6-7-26-21(12)31/h3-5,9,11-13,15,19-20,28H,6-8,10H2,1-2H3,(H,26,31)(H,27,32)/t12-,13-,15-,19-,20-/m0/s1. The number of hydrogen-bond acceptors (Lipinski definition) is 4. The molecule has 3 fully saturated rings. The normalized spacial score (nSPS) is 28.3. The van der Waals surface area contributed by atoms with Crippen molar-refractivity contribution < 1.29 is 23.6 Å². The van der Waals surface area contributed by atoms with E-state index in [-0.39, 0.29) is 53.0 Å². The van der Waals surface area contributed by atoms with Crippen LogP contribution in [0.1, 0.15) is 37.2 Å². The van der Waals surface area contributed by atoms with E-state index in [0.29, 0.717) is 36.7 Å². The van der Waals surface area contributed by atoms with Crippen molar-refractivity contribution in [1.82, 2.24) is 20.5 Å². The zero-order valence-corrected chi connectivity index (χ0v) is 18.6. The van der Waals surface area contributed by atoms with Crippen LogP contribution in [0.25, 0.3) is 10.9 Å². The molecule has 3 amide bonds. The summed E-state index contributed by atoms with van der Waals surface area (Å²) >= 11 is 0. The van der Waals surface area contributed by atoms with Crippen molar-refractivity contribution in [2.75, 3.05) is 13.1 Å². The maximum absolute atomic E-state index is 14.1. The molecule has 0 unspecified atom stereocenters. The number of fused-ring (bicyclic) bond motifs is 2. The van der Waals surface area contributed by atoms with Gasteiger partial charge in [-0.2, -0.15) is 0 Å². The summed E-state index contributed by atoms with van der Waals surface area (Å²) in [7, 11) is 0. The van der Waals surface area contributed by atoms with Gasteiger partial charge in [-0.05, 0) is 48.3 Å². The van der Waals surface area contributed by atoms with E-state index in [1.165, 1.54) is 17.0 Å². The molecule has 9 heteroatoms. The Morgan fingerprint density at radius 1 is 1.36 bits per heavy atom. The van der Waals surface area contributed by atoms with Crippen molar-refractivity contribution >= 4 is 34.9 Å². The van der Waals surface area contributed by atoms with Crippen LogP contribution in [0.3, 0.4) is 0 Å². The molecule has 0 spiro atoms. The summed E-state index contributed by atoms with van der Waals surface area (Å²) < 4.78 is 14.1. The van der Waals surface area contributed by atoms with E-state index in [2.05, 4.69) is 29.5 Å². The summed E-state index contributed by atoms with van der Waals surface area (Å²) in [5.74, 6) is -1.45. The molecule has 1 aromatic carbocycles. The third-order valence-electron chi connectivity index (χ3n) is 7.77. The van der Waals surface area contributed by atoms with Gasteiger partial charge < -0.3 is 25.3 Å². The Bertz CT molecular complexity index is 1160. The average Bonchev–Trinajstić information content (AvgIpc) is 3.30. The van der Waals surface area contributed by atoms with E-state index in [1.807, 2.05) is 0 Å². The molecular weight excluding hydrogens is 427 g/mol. The smallest absolute Gasteiger partial charge is 0.271 e. The maximum Gasteiger partial charge on any atom is 0.271 e. The molecule has 2 aromatic rings. The lowest BCUT2D eigenvalue weighted by Gasteiger charge is -2.30. The molecule has 2 saturated heterocycles. The lowest BCUT2D eigenvalue weighted by atomic mass is 9.97. The number of H-pyrrole nitrogens is 1. The first-order valence-electron chi connectivity index (χ1n) is 11.3. The lowest BCUT2D eigenvalue weighted by Crippen LogP contribution is -2.52. The summed E-state index contributed by atoms with van der Waals surface area (Å²) in [5.41, 5.74) is 0.648. The van der Waals surface area contributed by atoms with Gasteiger partial charge >= 0.3 is 0 Å². The van der Waals surface area contributed by atoms with E-state index in [9.17, 15) is 23.6 Å². The van der Waals surface area contributed by atoms with Crippen LogP contribution < -0.4 is 10.6 Å². The first-order valence-corrected chi connectivity index (χ1v) is 11.3. The van der Waals surface area contributed by atoms with Gasteiger partial charge in [0.05, 0.1) is 6.04 Å². The van der Waals surface area contributed by atoms with Crippen LogP contribution in [0.2, 0.25) is 0 Å². The molecule has 174 valence electrons. The number of nitrogens with one attached hydrogen (secondary N) is 3. The van der Waals surface area contributed by atoms with Crippen LogP contribution in [0.5, 0.6) is 0 Å². The number of halogens is 1. The fourth-order valence-electron chi connectivity index (χ4n) is 5.78. The van der Waals surface area contributed by atoms with Crippen LogP contribution in [0.15, 0.2) is 24.3 Å². The highest BCUT2D eigenvalue weighted by molar-refractivity contribution is 6.01. The van der Waals surface area contributed by atoms with E-state index in [0.717, 1.165) is 0 Å². The average molecular weight is 455 g/mol. The Hall–Kier alpha value is -3.23. The highest BCUT2D eigenvalue weighted by Crippen LogP contribution is 2.65. The molecule has 2 aliphatic heterocycles. The number of amides is 3. The lowest BCUT2D eigenvalue weighted by molar-refractivity contribution is -0.129. The second-order valence-corrected chi connectivity index (χ2v) is 10.0. The van der Waals surface area contributed by atoms with Crippen molar-refractivity contribution in [2.24, 2.45) is 23.2 Å². The predicted molar refractivity (Wildman–Crippen MR) is 118 cm³/mol. The fourth-order valence-corrected chi connectivity index (χ4v) is 5.78. The third-order valence-corrected chi connectivity index (χ3v) is 7.77. The van der Waals surface area contributed by atoms with Crippen molar-refractivity contribution in [3.63, 3.8) is 0 Å². The minimum absolute atomic E-state index is 0.0235. The Morgan fingerprint density at radius 2 is 2.15 bits per heavy atom. The number of piperidine rings is 1. The third kappa shape index (κ3) is 3.50. The van der Waals surface area contributed by atoms with E-state index >= 15 is 0 Å². The largest absolute Gasteiger partial charge is 0.356 e. The van der Waals surface area contributed by atoms with Crippen LogP contribution in [0, 0.1) is 29.0 Å². The number of hydrogen-bond donors (Lipinski definition) is 3. The van der Waals surface area contributed by atoms with Crippen LogP contribution in [0.4, 0.5) is 4.39 Å². The Kier molecular flexibility index (Phi) is 5.02. The van der Waals surface area contributed by atoms with Gasteiger partial charge in [0.2, 0.25) is 11.8 Å². The molecule has 33 heavy (non-hydrogen) atoms. The summed E-state index contributed by atoms with van der Waals surface area (Å²) in [6.45, 7) is 5.13. The first kappa shape index (κ1) is 21.6. The zero-order valence-electron chi connectivity index (χ0n) is 18.6. The highest BCUT2D eigenvalue weighted by atomic mass is 19.1. The number of carbonyl (C=O) groups is 4. The topological polar surface area (TPSA) is 111 Å². The molecule has 1 aromatic heterocycles. The number of rotatable bonds is 6. The van der Waals surface area contributed by atoms with Crippen LogP contribution >= 0.6 is 0 Å². The Labute approximate surface area is 190 Å². The number of aldehydes is 1. The highest BCUT2D eigenvalue weighted by Gasteiger charge is 2.69. The van der Waals surface area contributed by atoms with Crippen LogP contribution in [-0.2, 0) is 14.4 Å². The molecule has 1 aliphatic carbocycles. The Morgan fingerprint density at radius 3 is 2.82 bits per heavy atom. The van der Waals surface area contributed by atoms with Gasteiger partial charge in [0, 0.05) is 29.9 Å². The first-order chi connectivity index (χ1) is 15.7. The molecule has 3 heterocycles. The number of carbonyl (C=O) groups excluding carboxylic acids is 4. The predicted octanol–water partition coefficient (Wildman–Crippen LogP) is 1.61.